The molecule has 0 aliphatic heterocycles. The van der Waals surface area contributed by atoms with Gasteiger partial charge in [-0.25, -0.2) is 9.18 Å². The maximum absolute atomic E-state index is 13.3. The first-order valence-electron chi connectivity index (χ1n) is 6.73. The topological polar surface area (TPSA) is 67.0 Å². The summed E-state index contributed by atoms with van der Waals surface area (Å²) in [4.78, 5) is 12.2. The summed E-state index contributed by atoms with van der Waals surface area (Å²) in [7, 11) is 0. The van der Waals surface area contributed by atoms with Gasteiger partial charge >= 0.3 is 5.97 Å². The van der Waals surface area contributed by atoms with Crippen molar-refractivity contribution in [3.63, 3.8) is 0 Å². The van der Waals surface area contributed by atoms with Crippen LogP contribution in [-0.2, 0) is 9.53 Å². The molecule has 1 atom stereocenters. The zero-order valence-electron chi connectivity index (χ0n) is 12.2. The van der Waals surface area contributed by atoms with Crippen LogP contribution in [0.15, 0.2) is 24.3 Å². The van der Waals surface area contributed by atoms with Crippen LogP contribution in [0, 0.1) is 19.7 Å². The molecule has 1 aromatic heterocycles. The summed E-state index contributed by atoms with van der Waals surface area (Å²) in [6.07, 6.45) is 0. The second-order valence-corrected chi connectivity index (χ2v) is 4.69. The van der Waals surface area contributed by atoms with Crippen molar-refractivity contribution in [2.24, 2.45) is 0 Å². The van der Waals surface area contributed by atoms with Crippen LogP contribution in [-0.4, -0.2) is 22.8 Å². The van der Waals surface area contributed by atoms with Crippen LogP contribution in [0.1, 0.15) is 29.9 Å². The fraction of sp³-hybridized carbons (Fsp3) is 0.333. The highest BCUT2D eigenvalue weighted by molar-refractivity contribution is 5.81. The molecule has 0 fully saturated rings. The molecular weight excluding hydrogens is 273 g/mol. The third-order valence-corrected chi connectivity index (χ3v) is 3.13. The molecule has 2 rings (SSSR count). The van der Waals surface area contributed by atoms with Crippen LogP contribution < -0.4 is 5.32 Å². The van der Waals surface area contributed by atoms with Gasteiger partial charge in [0, 0.05) is 16.9 Å². The Morgan fingerprint density at radius 2 is 2.24 bits per heavy atom. The molecule has 0 saturated heterocycles. The van der Waals surface area contributed by atoms with Gasteiger partial charge in [0.25, 0.3) is 0 Å². The number of aromatic nitrogens is 2. The third-order valence-electron chi connectivity index (χ3n) is 3.13. The number of anilines is 1. The monoisotopic (exact) mass is 291 g/mol. The molecule has 0 aliphatic carbocycles. The molecule has 0 spiro atoms. The lowest BCUT2D eigenvalue weighted by Crippen LogP contribution is -2.24. The molecular formula is C15H18FN3O2. The second kappa shape index (κ2) is 6.39. The highest BCUT2D eigenvalue weighted by atomic mass is 19.1. The van der Waals surface area contributed by atoms with Crippen LogP contribution in [0.25, 0.3) is 0 Å². The molecule has 0 amide bonds. The van der Waals surface area contributed by atoms with E-state index in [9.17, 15) is 9.18 Å². The van der Waals surface area contributed by atoms with Gasteiger partial charge in [0.15, 0.2) is 6.04 Å². The Morgan fingerprint density at radius 1 is 1.48 bits per heavy atom. The van der Waals surface area contributed by atoms with E-state index in [1.165, 1.54) is 12.1 Å². The van der Waals surface area contributed by atoms with Crippen LogP contribution in [0.3, 0.4) is 0 Å². The van der Waals surface area contributed by atoms with Gasteiger partial charge in [-0.2, -0.15) is 5.10 Å². The first-order chi connectivity index (χ1) is 10.0. The maximum atomic E-state index is 13.3. The SMILES string of the molecule is CCOC(=O)C(Nc1cccc(F)c1)c1c(C)n[nH]c1C. The number of nitrogens with zero attached hydrogens (tertiary/aromatic N) is 1. The van der Waals surface area contributed by atoms with Crippen molar-refractivity contribution in [1.29, 1.82) is 0 Å². The van der Waals surface area contributed by atoms with E-state index < -0.39 is 12.0 Å². The van der Waals surface area contributed by atoms with Crippen molar-refractivity contribution in [2.45, 2.75) is 26.8 Å². The Balaban J connectivity index is 2.35. The molecule has 2 aromatic rings. The second-order valence-electron chi connectivity index (χ2n) is 4.69. The number of rotatable bonds is 5. The number of aryl methyl sites for hydroxylation is 2. The van der Waals surface area contributed by atoms with Gasteiger partial charge < -0.3 is 10.1 Å². The van der Waals surface area contributed by atoms with E-state index in [4.69, 9.17) is 4.74 Å². The van der Waals surface area contributed by atoms with Gasteiger partial charge in [-0.05, 0) is 39.0 Å². The zero-order valence-corrected chi connectivity index (χ0v) is 12.2. The first-order valence-corrected chi connectivity index (χ1v) is 6.73. The Kier molecular flexibility index (Phi) is 4.57. The van der Waals surface area contributed by atoms with Crippen molar-refractivity contribution in [3.8, 4) is 0 Å². The van der Waals surface area contributed by atoms with Crippen LogP contribution in [0.2, 0.25) is 0 Å². The predicted octanol–water partition coefficient (Wildman–Crippen LogP) is 2.88. The number of hydrogen-bond acceptors (Lipinski definition) is 4. The number of H-pyrrole nitrogens is 1. The molecule has 0 bridgehead atoms. The Labute approximate surface area is 122 Å². The molecule has 21 heavy (non-hydrogen) atoms. The Hall–Kier alpha value is -2.37. The fourth-order valence-electron chi connectivity index (χ4n) is 2.20. The van der Waals surface area contributed by atoms with E-state index in [0.29, 0.717) is 11.4 Å². The lowest BCUT2D eigenvalue weighted by atomic mass is 10.0. The molecule has 1 aromatic carbocycles. The predicted molar refractivity (Wildman–Crippen MR) is 77.5 cm³/mol. The molecule has 0 saturated carbocycles. The van der Waals surface area contributed by atoms with Gasteiger partial charge in [0.05, 0.1) is 12.3 Å². The summed E-state index contributed by atoms with van der Waals surface area (Å²) in [6.45, 7) is 5.65. The summed E-state index contributed by atoms with van der Waals surface area (Å²) in [5.41, 5.74) is 2.70. The largest absolute Gasteiger partial charge is 0.464 e. The quantitative estimate of drug-likeness (QED) is 0.831. The van der Waals surface area contributed by atoms with Gasteiger partial charge in [-0.15, -0.1) is 0 Å². The number of ether oxygens (including phenoxy) is 1. The Morgan fingerprint density at radius 3 is 2.81 bits per heavy atom. The maximum Gasteiger partial charge on any atom is 0.333 e. The van der Waals surface area contributed by atoms with E-state index >= 15 is 0 Å². The number of benzene rings is 1. The normalized spacial score (nSPS) is 12.0. The summed E-state index contributed by atoms with van der Waals surface area (Å²) in [6, 6.07) is 5.22. The van der Waals surface area contributed by atoms with Crippen LogP contribution in [0.5, 0.6) is 0 Å². The molecule has 5 nitrogen and oxygen atoms in total. The number of aromatic amines is 1. The molecule has 112 valence electrons. The zero-order chi connectivity index (χ0) is 15.4. The highest BCUT2D eigenvalue weighted by Gasteiger charge is 2.27. The standard InChI is InChI=1S/C15H18FN3O2/c1-4-21-15(20)14(13-9(2)18-19-10(13)3)17-12-7-5-6-11(16)8-12/h5-8,14,17H,4H2,1-3H3,(H,18,19). The number of nitrogens with one attached hydrogen (secondary N) is 2. The average molecular weight is 291 g/mol. The summed E-state index contributed by atoms with van der Waals surface area (Å²) < 4.78 is 18.4. The fourth-order valence-corrected chi connectivity index (χ4v) is 2.20. The van der Waals surface area contributed by atoms with Crippen LogP contribution in [0.4, 0.5) is 10.1 Å². The van der Waals surface area contributed by atoms with Crippen LogP contribution >= 0.6 is 0 Å². The van der Waals surface area contributed by atoms with Crippen molar-refractivity contribution in [3.05, 3.63) is 47.0 Å². The van der Waals surface area contributed by atoms with E-state index in [1.54, 1.807) is 26.0 Å². The van der Waals surface area contributed by atoms with Crippen molar-refractivity contribution >= 4 is 11.7 Å². The summed E-state index contributed by atoms with van der Waals surface area (Å²) >= 11 is 0. The van der Waals surface area contributed by atoms with Gasteiger partial charge in [0.1, 0.15) is 5.82 Å². The molecule has 1 unspecified atom stereocenters. The molecule has 2 N–H and O–H groups in total. The number of carbonyl (C=O) groups excluding carboxylic acids is 1. The van der Waals surface area contributed by atoms with E-state index in [-0.39, 0.29) is 12.4 Å². The summed E-state index contributed by atoms with van der Waals surface area (Å²) in [5, 5.41) is 9.95. The molecule has 0 aliphatic rings. The van der Waals surface area contributed by atoms with E-state index in [1.807, 2.05) is 6.92 Å². The summed E-state index contributed by atoms with van der Waals surface area (Å²) in [5.74, 6) is -0.794. The Bertz CT molecular complexity index is 620. The molecule has 0 radical (unpaired) electrons. The molecule has 1 heterocycles. The van der Waals surface area contributed by atoms with Crippen molar-refractivity contribution < 1.29 is 13.9 Å². The van der Waals surface area contributed by atoms with E-state index in [0.717, 1.165) is 11.3 Å². The van der Waals surface area contributed by atoms with Crippen molar-refractivity contribution in [2.75, 3.05) is 11.9 Å². The lowest BCUT2D eigenvalue weighted by Gasteiger charge is -2.19. The number of halogens is 1. The van der Waals surface area contributed by atoms with Gasteiger partial charge in [0.2, 0.25) is 0 Å². The average Bonchev–Trinajstić information content (AvgIpc) is 2.76. The number of carbonyl (C=O) groups is 1. The lowest BCUT2D eigenvalue weighted by molar-refractivity contribution is -0.144. The van der Waals surface area contributed by atoms with E-state index in [2.05, 4.69) is 15.5 Å². The van der Waals surface area contributed by atoms with Gasteiger partial charge in [-0.1, -0.05) is 6.07 Å². The smallest absolute Gasteiger partial charge is 0.333 e. The highest BCUT2D eigenvalue weighted by Crippen LogP contribution is 2.25. The minimum Gasteiger partial charge on any atom is -0.464 e. The number of hydrogen-bond donors (Lipinski definition) is 2. The van der Waals surface area contributed by atoms with Gasteiger partial charge in [-0.3, -0.25) is 5.10 Å². The van der Waals surface area contributed by atoms with Crippen molar-refractivity contribution in [1.82, 2.24) is 10.2 Å². The minimum atomic E-state index is -0.731. The molecule has 6 heteroatoms. The minimum absolute atomic E-state index is 0.274. The number of esters is 1. The first kappa shape index (κ1) is 15.0. The third kappa shape index (κ3) is 3.39.